The molecule has 0 aromatic carbocycles. The maximum Gasteiger partial charge on any atom is 0.276 e. The molecule has 1 amide bonds. The zero-order valence-electron chi connectivity index (χ0n) is 11.0. The fraction of sp³-hybridized carbons (Fsp3) is 0.692. The summed E-state index contributed by atoms with van der Waals surface area (Å²) in [7, 11) is 1.73. The first-order valence-corrected chi connectivity index (χ1v) is 6.50. The van der Waals surface area contributed by atoms with Crippen molar-refractivity contribution in [3.63, 3.8) is 0 Å². The minimum Gasteiger partial charge on any atom is -0.393 e. The van der Waals surface area contributed by atoms with Gasteiger partial charge in [-0.25, -0.2) is 0 Å². The fourth-order valence-electron chi connectivity index (χ4n) is 2.22. The van der Waals surface area contributed by atoms with E-state index in [-0.39, 0.29) is 5.91 Å². The van der Waals surface area contributed by atoms with Gasteiger partial charge >= 0.3 is 0 Å². The van der Waals surface area contributed by atoms with Gasteiger partial charge in [0, 0.05) is 25.6 Å². The van der Waals surface area contributed by atoms with Gasteiger partial charge in [-0.3, -0.25) is 4.79 Å². The van der Waals surface area contributed by atoms with Crippen molar-refractivity contribution in [2.45, 2.75) is 45.1 Å². The molecular weight excluding hydrogens is 232 g/mol. The molecule has 0 spiro atoms. The van der Waals surface area contributed by atoms with Gasteiger partial charge in [-0.15, -0.1) is 0 Å². The van der Waals surface area contributed by atoms with Gasteiger partial charge in [0.2, 0.25) is 0 Å². The van der Waals surface area contributed by atoms with Gasteiger partial charge in [0.05, 0.1) is 6.10 Å². The SMILES string of the molecule is CC(O)CCN(C)C(=O)c1noc2c1CCCC2. The van der Waals surface area contributed by atoms with E-state index in [1.54, 1.807) is 18.9 Å². The van der Waals surface area contributed by atoms with Crippen molar-refractivity contribution in [2.24, 2.45) is 0 Å². The topological polar surface area (TPSA) is 66.6 Å². The highest BCUT2D eigenvalue weighted by molar-refractivity contribution is 5.93. The van der Waals surface area contributed by atoms with E-state index in [1.165, 1.54) is 0 Å². The van der Waals surface area contributed by atoms with Gasteiger partial charge in [-0.2, -0.15) is 0 Å². The molecule has 1 unspecified atom stereocenters. The van der Waals surface area contributed by atoms with Crippen LogP contribution in [0.3, 0.4) is 0 Å². The average molecular weight is 252 g/mol. The van der Waals surface area contributed by atoms with Gasteiger partial charge in [0.25, 0.3) is 5.91 Å². The predicted molar refractivity (Wildman–Crippen MR) is 66.4 cm³/mol. The molecule has 1 heterocycles. The first kappa shape index (κ1) is 13.1. The number of aryl methyl sites for hydroxylation is 1. The molecule has 0 radical (unpaired) electrons. The Balaban J connectivity index is 2.06. The number of aliphatic hydroxyl groups excluding tert-OH is 1. The molecule has 0 aliphatic heterocycles. The summed E-state index contributed by atoms with van der Waals surface area (Å²) in [6, 6.07) is 0. The summed E-state index contributed by atoms with van der Waals surface area (Å²) < 4.78 is 5.24. The summed E-state index contributed by atoms with van der Waals surface area (Å²) in [6.45, 7) is 2.24. The Morgan fingerprint density at radius 3 is 2.94 bits per heavy atom. The van der Waals surface area contributed by atoms with E-state index in [9.17, 15) is 9.90 Å². The highest BCUT2D eigenvalue weighted by Crippen LogP contribution is 2.24. The molecule has 5 nitrogen and oxygen atoms in total. The van der Waals surface area contributed by atoms with Crippen LogP contribution in [0.4, 0.5) is 0 Å². The number of hydrogen-bond donors (Lipinski definition) is 1. The number of nitrogens with zero attached hydrogens (tertiary/aromatic N) is 2. The van der Waals surface area contributed by atoms with E-state index in [0.29, 0.717) is 18.7 Å². The van der Waals surface area contributed by atoms with Crippen molar-refractivity contribution in [3.05, 3.63) is 17.0 Å². The fourth-order valence-corrected chi connectivity index (χ4v) is 2.22. The minimum absolute atomic E-state index is 0.109. The molecule has 0 saturated carbocycles. The molecule has 18 heavy (non-hydrogen) atoms. The number of fused-ring (bicyclic) bond motifs is 1. The van der Waals surface area contributed by atoms with Crippen molar-refractivity contribution in [2.75, 3.05) is 13.6 Å². The molecule has 0 bridgehead atoms. The molecule has 1 atom stereocenters. The van der Waals surface area contributed by atoms with Crippen LogP contribution in [0.1, 0.15) is 48.0 Å². The Kier molecular flexibility index (Phi) is 4.01. The molecule has 1 aromatic rings. The zero-order valence-corrected chi connectivity index (χ0v) is 11.0. The van der Waals surface area contributed by atoms with Gasteiger partial charge < -0.3 is 14.5 Å². The normalized spacial score (nSPS) is 16.2. The van der Waals surface area contributed by atoms with Crippen LogP contribution in [0.15, 0.2) is 4.52 Å². The monoisotopic (exact) mass is 252 g/mol. The molecular formula is C13H20N2O3. The van der Waals surface area contributed by atoms with Gasteiger partial charge in [0.15, 0.2) is 5.69 Å². The first-order chi connectivity index (χ1) is 8.59. The number of rotatable bonds is 4. The number of aromatic nitrogens is 1. The van der Waals surface area contributed by atoms with Gasteiger partial charge in [-0.05, 0) is 32.6 Å². The van der Waals surface area contributed by atoms with Crippen molar-refractivity contribution < 1.29 is 14.4 Å². The maximum atomic E-state index is 12.2. The molecule has 1 aliphatic rings. The van der Waals surface area contributed by atoms with Crippen LogP contribution in [0, 0.1) is 0 Å². The summed E-state index contributed by atoms with van der Waals surface area (Å²) in [5.74, 6) is 0.760. The summed E-state index contributed by atoms with van der Waals surface area (Å²) in [5, 5.41) is 13.2. The summed E-state index contributed by atoms with van der Waals surface area (Å²) in [4.78, 5) is 13.8. The lowest BCUT2D eigenvalue weighted by atomic mass is 9.96. The lowest BCUT2D eigenvalue weighted by Gasteiger charge is -2.17. The second kappa shape index (κ2) is 5.52. The van der Waals surface area contributed by atoms with E-state index in [1.807, 2.05) is 0 Å². The van der Waals surface area contributed by atoms with E-state index in [0.717, 1.165) is 37.0 Å². The smallest absolute Gasteiger partial charge is 0.276 e. The highest BCUT2D eigenvalue weighted by atomic mass is 16.5. The maximum absolute atomic E-state index is 12.2. The molecule has 2 rings (SSSR count). The zero-order chi connectivity index (χ0) is 13.1. The molecule has 0 fully saturated rings. The lowest BCUT2D eigenvalue weighted by Crippen LogP contribution is -2.30. The Hall–Kier alpha value is -1.36. The second-order valence-corrected chi connectivity index (χ2v) is 5.00. The van der Waals surface area contributed by atoms with Crippen molar-refractivity contribution >= 4 is 5.91 Å². The number of hydrogen-bond acceptors (Lipinski definition) is 4. The quantitative estimate of drug-likeness (QED) is 0.879. The van der Waals surface area contributed by atoms with Crippen LogP contribution in [0.25, 0.3) is 0 Å². The van der Waals surface area contributed by atoms with Crippen LogP contribution in [0.5, 0.6) is 0 Å². The minimum atomic E-state index is -0.397. The van der Waals surface area contributed by atoms with Crippen LogP contribution < -0.4 is 0 Å². The number of aliphatic hydroxyl groups is 1. The van der Waals surface area contributed by atoms with Crippen LogP contribution in [-0.2, 0) is 12.8 Å². The largest absolute Gasteiger partial charge is 0.393 e. The van der Waals surface area contributed by atoms with Gasteiger partial charge in [-0.1, -0.05) is 5.16 Å². The molecule has 1 N–H and O–H groups in total. The standard InChI is InChI=1S/C13H20N2O3/c1-9(16)7-8-15(2)13(17)12-10-5-3-4-6-11(10)18-14-12/h9,16H,3-8H2,1-2H3. The molecule has 5 heteroatoms. The predicted octanol–water partition coefficient (Wildman–Crippen LogP) is 1.40. The third-order valence-electron chi connectivity index (χ3n) is 3.38. The molecule has 1 aliphatic carbocycles. The van der Waals surface area contributed by atoms with Crippen LogP contribution in [0.2, 0.25) is 0 Å². The van der Waals surface area contributed by atoms with Gasteiger partial charge in [0.1, 0.15) is 5.76 Å². The third kappa shape index (κ3) is 2.72. The third-order valence-corrected chi connectivity index (χ3v) is 3.38. The molecule has 0 saturated heterocycles. The summed E-state index contributed by atoms with van der Waals surface area (Å²) >= 11 is 0. The number of carbonyl (C=O) groups is 1. The highest BCUT2D eigenvalue weighted by Gasteiger charge is 2.25. The van der Waals surface area contributed by atoms with Crippen LogP contribution in [-0.4, -0.2) is 40.8 Å². The van der Waals surface area contributed by atoms with Crippen LogP contribution >= 0.6 is 0 Å². The van der Waals surface area contributed by atoms with E-state index in [2.05, 4.69) is 5.16 Å². The second-order valence-electron chi connectivity index (χ2n) is 5.00. The lowest BCUT2D eigenvalue weighted by molar-refractivity contribution is 0.0758. The molecule has 100 valence electrons. The summed E-state index contributed by atoms with van der Waals surface area (Å²) in [6.07, 6.45) is 4.13. The first-order valence-electron chi connectivity index (χ1n) is 6.50. The summed E-state index contributed by atoms with van der Waals surface area (Å²) in [5.41, 5.74) is 1.44. The Morgan fingerprint density at radius 1 is 1.50 bits per heavy atom. The Labute approximate surface area is 107 Å². The van der Waals surface area contributed by atoms with Crippen molar-refractivity contribution in [1.82, 2.24) is 10.1 Å². The number of carbonyl (C=O) groups excluding carboxylic acids is 1. The molecule has 1 aromatic heterocycles. The average Bonchev–Trinajstić information content (AvgIpc) is 2.78. The van der Waals surface area contributed by atoms with E-state index in [4.69, 9.17) is 4.52 Å². The Bertz CT molecular complexity index is 426. The number of amides is 1. The van der Waals surface area contributed by atoms with E-state index < -0.39 is 6.10 Å². The van der Waals surface area contributed by atoms with Crippen molar-refractivity contribution in [1.29, 1.82) is 0 Å². The van der Waals surface area contributed by atoms with Crippen molar-refractivity contribution in [3.8, 4) is 0 Å². The Morgan fingerprint density at radius 2 is 2.22 bits per heavy atom. The van der Waals surface area contributed by atoms with E-state index >= 15 is 0 Å².